The Morgan fingerprint density at radius 3 is 2.67 bits per heavy atom. The second-order valence-electron chi connectivity index (χ2n) is 5.96. The number of carbonyl (C=O) groups is 1. The molecule has 3 heterocycles. The minimum absolute atomic E-state index is 0.105. The van der Waals surface area contributed by atoms with Gasteiger partial charge in [-0.2, -0.15) is 9.40 Å². The summed E-state index contributed by atoms with van der Waals surface area (Å²) in [5.74, 6) is -0.105. The van der Waals surface area contributed by atoms with Gasteiger partial charge in [0.05, 0.1) is 11.8 Å². The topological polar surface area (TPSA) is 86.4 Å². The molecule has 2 aliphatic rings. The number of nitrogens with zero attached hydrogens (tertiary/aromatic N) is 3. The van der Waals surface area contributed by atoms with Gasteiger partial charge in [-0.3, -0.25) is 9.89 Å². The fourth-order valence-corrected chi connectivity index (χ4v) is 5.07. The summed E-state index contributed by atoms with van der Waals surface area (Å²) in [6.45, 7) is 1.69. The van der Waals surface area contributed by atoms with Gasteiger partial charge in [0.25, 0.3) is 5.91 Å². The Bertz CT molecular complexity index is 628. The summed E-state index contributed by atoms with van der Waals surface area (Å²) in [5.41, 5.74) is 0.0394. The molecule has 0 bridgehead atoms. The van der Waals surface area contributed by atoms with Crippen molar-refractivity contribution in [3.05, 3.63) is 18.0 Å². The van der Waals surface area contributed by atoms with Crippen molar-refractivity contribution in [1.29, 1.82) is 0 Å². The number of amides is 1. The van der Waals surface area contributed by atoms with E-state index in [1.807, 2.05) is 0 Å². The molecule has 0 aliphatic carbocycles. The van der Waals surface area contributed by atoms with Crippen LogP contribution in [0.2, 0.25) is 0 Å². The average molecular weight is 312 g/mol. The van der Waals surface area contributed by atoms with Crippen LogP contribution >= 0.6 is 0 Å². The summed E-state index contributed by atoms with van der Waals surface area (Å²) in [5, 5.41) is 6.48. The van der Waals surface area contributed by atoms with Crippen molar-refractivity contribution in [2.45, 2.75) is 31.2 Å². The number of aromatic amines is 1. The molecule has 0 saturated carbocycles. The second kappa shape index (κ2) is 5.10. The van der Waals surface area contributed by atoms with Gasteiger partial charge < -0.3 is 4.90 Å². The van der Waals surface area contributed by atoms with Crippen LogP contribution in [0.1, 0.15) is 36.2 Å². The lowest BCUT2D eigenvalue weighted by atomic mass is 9.87. The van der Waals surface area contributed by atoms with Crippen molar-refractivity contribution < 1.29 is 13.2 Å². The van der Waals surface area contributed by atoms with E-state index in [0.29, 0.717) is 25.3 Å². The van der Waals surface area contributed by atoms with E-state index in [1.165, 1.54) is 6.26 Å². The van der Waals surface area contributed by atoms with Gasteiger partial charge in [0.15, 0.2) is 0 Å². The first-order valence-corrected chi connectivity index (χ1v) is 9.04. The first-order chi connectivity index (χ1) is 9.92. The SMILES string of the molecule is CS(=O)(=O)N1CCCC12CCCN(C(=O)c1ccn[nH]1)C2. The van der Waals surface area contributed by atoms with E-state index in [4.69, 9.17) is 0 Å². The Labute approximate surface area is 124 Å². The molecule has 1 atom stereocenters. The third-order valence-electron chi connectivity index (χ3n) is 4.51. The fraction of sp³-hybridized carbons (Fsp3) is 0.692. The van der Waals surface area contributed by atoms with Crippen LogP contribution in [0.3, 0.4) is 0 Å². The number of sulfonamides is 1. The van der Waals surface area contributed by atoms with E-state index in [0.717, 1.165) is 25.7 Å². The van der Waals surface area contributed by atoms with Gasteiger partial charge in [0.1, 0.15) is 5.69 Å². The van der Waals surface area contributed by atoms with Crippen LogP contribution < -0.4 is 0 Å². The summed E-state index contributed by atoms with van der Waals surface area (Å²) >= 11 is 0. The monoisotopic (exact) mass is 312 g/mol. The Morgan fingerprint density at radius 1 is 1.33 bits per heavy atom. The molecule has 116 valence electrons. The Balaban J connectivity index is 1.84. The number of hydrogen-bond acceptors (Lipinski definition) is 4. The molecule has 0 radical (unpaired) electrons. The van der Waals surface area contributed by atoms with Crippen LogP contribution in [0.5, 0.6) is 0 Å². The predicted molar refractivity (Wildman–Crippen MR) is 77.2 cm³/mol. The molecule has 1 N–H and O–H groups in total. The zero-order chi connectivity index (χ0) is 15.1. The molecule has 2 saturated heterocycles. The molecule has 8 heteroatoms. The molecule has 2 aliphatic heterocycles. The van der Waals surface area contributed by atoms with Crippen LogP contribution in [0.4, 0.5) is 0 Å². The third-order valence-corrected chi connectivity index (χ3v) is 5.88. The standard InChI is InChI=1S/C13H20N4O3S/c1-21(19,20)17-9-3-6-13(17)5-2-8-16(10-13)12(18)11-4-7-14-15-11/h4,7H,2-3,5-6,8-10H2,1H3,(H,14,15). The summed E-state index contributed by atoms with van der Waals surface area (Å²) in [6.07, 6.45) is 6.14. The molecular formula is C13H20N4O3S. The summed E-state index contributed by atoms with van der Waals surface area (Å²) in [6, 6.07) is 1.65. The van der Waals surface area contributed by atoms with Crippen LogP contribution in [0.25, 0.3) is 0 Å². The van der Waals surface area contributed by atoms with Gasteiger partial charge >= 0.3 is 0 Å². The van der Waals surface area contributed by atoms with E-state index in [9.17, 15) is 13.2 Å². The predicted octanol–water partition coefficient (Wildman–Crippen LogP) is 0.440. The van der Waals surface area contributed by atoms with E-state index < -0.39 is 15.6 Å². The molecule has 1 unspecified atom stereocenters. The van der Waals surface area contributed by atoms with Crippen LogP contribution in [-0.4, -0.2) is 65.2 Å². The molecule has 0 aromatic carbocycles. The molecular weight excluding hydrogens is 292 g/mol. The first-order valence-electron chi connectivity index (χ1n) is 7.19. The van der Waals surface area contributed by atoms with Crippen molar-refractivity contribution in [3.63, 3.8) is 0 Å². The maximum Gasteiger partial charge on any atom is 0.271 e. The van der Waals surface area contributed by atoms with Gasteiger partial charge in [0.2, 0.25) is 10.0 Å². The number of likely N-dealkylation sites (tertiary alicyclic amines) is 1. The van der Waals surface area contributed by atoms with E-state index in [2.05, 4.69) is 10.2 Å². The van der Waals surface area contributed by atoms with Crippen LogP contribution in [0.15, 0.2) is 12.3 Å². The largest absolute Gasteiger partial charge is 0.335 e. The fourth-order valence-electron chi connectivity index (χ4n) is 3.67. The van der Waals surface area contributed by atoms with Gasteiger partial charge in [-0.25, -0.2) is 8.42 Å². The number of nitrogens with one attached hydrogen (secondary N) is 1. The van der Waals surface area contributed by atoms with Crippen LogP contribution in [0, 0.1) is 0 Å². The molecule has 1 spiro atoms. The van der Waals surface area contributed by atoms with E-state index >= 15 is 0 Å². The smallest absolute Gasteiger partial charge is 0.271 e. The van der Waals surface area contributed by atoms with Crippen molar-refractivity contribution in [3.8, 4) is 0 Å². The highest BCUT2D eigenvalue weighted by Crippen LogP contribution is 2.39. The lowest BCUT2D eigenvalue weighted by Gasteiger charge is -2.44. The Kier molecular flexibility index (Phi) is 3.53. The molecule has 2 fully saturated rings. The number of rotatable bonds is 2. The molecule has 1 amide bonds. The lowest BCUT2D eigenvalue weighted by Crippen LogP contribution is -2.58. The number of H-pyrrole nitrogens is 1. The normalized spacial score (nSPS) is 27.4. The number of piperidine rings is 1. The summed E-state index contributed by atoms with van der Waals surface area (Å²) in [4.78, 5) is 14.2. The van der Waals surface area contributed by atoms with Gasteiger partial charge in [-0.05, 0) is 31.7 Å². The molecule has 21 heavy (non-hydrogen) atoms. The van der Waals surface area contributed by atoms with Gasteiger partial charge in [-0.1, -0.05) is 0 Å². The third kappa shape index (κ3) is 2.57. The zero-order valence-electron chi connectivity index (χ0n) is 12.1. The highest BCUT2D eigenvalue weighted by atomic mass is 32.2. The summed E-state index contributed by atoms with van der Waals surface area (Å²) in [7, 11) is -3.24. The second-order valence-corrected chi connectivity index (χ2v) is 7.87. The highest BCUT2D eigenvalue weighted by molar-refractivity contribution is 7.88. The average Bonchev–Trinajstić information content (AvgIpc) is 3.07. The maximum absolute atomic E-state index is 12.4. The Hall–Kier alpha value is -1.41. The van der Waals surface area contributed by atoms with Crippen molar-refractivity contribution in [1.82, 2.24) is 19.4 Å². The van der Waals surface area contributed by atoms with Gasteiger partial charge in [-0.15, -0.1) is 0 Å². The van der Waals surface area contributed by atoms with Crippen molar-refractivity contribution >= 4 is 15.9 Å². The van der Waals surface area contributed by atoms with Crippen LogP contribution in [-0.2, 0) is 10.0 Å². The number of carbonyl (C=O) groups excluding carboxylic acids is 1. The van der Waals surface area contributed by atoms with Crippen molar-refractivity contribution in [2.75, 3.05) is 25.9 Å². The zero-order valence-corrected chi connectivity index (χ0v) is 12.9. The number of hydrogen-bond donors (Lipinski definition) is 1. The quantitative estimate of drug-likeness (QED) is 0.858. The molecule has 1 aromatic heterocycles. The molecule has 7 nitrogen and oxygen atoms in total. The molecule has 3 rings (SSSR count). The highest BCUT2D eigenvalue weighted by Gasteiger charge is 2.48. The van der Waals surface area contributed by atoms with E-state index in [-0.39, 0.29) is 5.91 Å². The Morgan fingerprint density at radius 2 is 2.05 bits per heavy atom. The summed E-state index contributed by atoms with van der Waals surface area (Å²) < 4.78 is 25.6. The van der Waals surface area contributed by atoms with E-state index in [1.54, 1.807) is 21.5 Å². The molecule has 1 aromatic rings. The first kappa shape index (κ1) is 14.5. The van der Waals surface area contributed by atoms with Crippen molar-refractivity contribution in [2.24, 2.45) is 0 Å². The number of aromatic nitrogens is 2. The minimum atomic E-state index is -3.24. The maximum atomic E-state index is 12.4. The minimum Gasteiger partial charge on any atom is -0.335 e. The van der Waals surface area contributed by atoms with Gasteiger partial charge in [0, 0.05) is 25.8 Å². The lowest BCUT2D eigenvalue weighted by molar-refractivity contribution is 0.0519.